The van der Waals surface area contributed by atoms with Crippen molar-refractivity contribution in [2.45, 2.75) is 0 Å². The van der Waals surface area contributed by atoms with Gasteiger partial charge in [-0.1, -0.05) is 23.2 Å². The largest absolute Gasteiger partial charge is 1.00 e. The van der Waals surface area contributed by atoms with Gasteiger partial charge in [0.05, 0.1) is 19.1 Å². The number of halogens is 3. The Kier molecular flexibility index (Phi) is 5.93. The lowest BCUT2D eigenvalue weighted by Crippen LogP contribution is -3.00. The van der Waals surface area contributed by atoms with Gasteiger partial charge in [0, 0.05) is 5.02 Å². The first-order chi connectivity index (χ1) is 6.15. The standard InChI is InChI=1S/C9H10Cl2N2.ClH/c1-12-6-13(2)9-4-3-7(10)5-8(9)11;/h3-6H,1-2H3;1H. The van der Waals surface area contributed by atoms with Crippen LogP contribution in [0.15, 0.2) is 18.2 Å². The predicted molar refractivity (Wildman–Crippen MR) is 57.4 cm³/mol. The summed E-state index contributed by atoms with van der Waals surface area (Å²) in [6.07, 6.45) is 1.81. The molecule has 0 aromatic heterocycles. The topological polar surface area (TPSA) is 15.0 Å². The van der Waals surface area contributed by atoms with Crippen LogP contribution in [-0.2, 0) is 0 Å². The SMILES string of the molecule is CNC=[N+](C)c1ccc(Cl)cc1Cl.[Cl-]. The van der Waals surface area contributed by atoms with E-state index in [9.17, 15) is 0 Å². The van der Waals surface area contributed by atoms with Gasteiger partial charge in [0.1, 0.15) is 5.69 Å². The number of nitrogens with one attached hydrogen (secondary N) is 1. The molecule has 0 aliphatic rings. The third kappa shape index (κ3) is 3.37. The zero-order valence-electron chi connectivity index (χ0n) is 7.89. The zero-order chi connectivity index (χ0) is 9.84. The summed E-state index contributed by atoms with van der Waals surface area (Å²) in [7, 11) is 3.74. The fourth-order valence-corrected chi connectivity index (χ4v) is 1.57. The summed E-state index contributed by atoms with van der Waals surface area (Å²) < 4.78 is 1.89. The number of rotatable bonds is 2. The summed E-state index contributed by atoms with van der Waals surface area (Å²) in [5.74, 6) is 0. The first-order valence-corrected chi connectivity index (χ1v) is 4.59. The first kappa shape index (κ1) is 13.6. The van der Waals surface area contributed by atoms with Gasteiger partial charge in [0.2, 0.25) is 6.34 Å². The van der Waals surface area contributed by atoms with Gasteiger partial charge in [-0.2, -0.15) is 0 Å². The van der Waals surface area contributed by atoms with Gasteiger partial charge in [0.25, 0.3) is 0 Å². The summed E-state index contributed by atoms with van der Waals surface area (Å²) >= 11 is 11.8. The van der Waals surface area contributed by atoms with Crippen molar-refractivity contribution in [2.75, 3.05) is 14.1 Å². The van der Waals surface area contributed by atoms with Crippen LogP contribution in [0.25, 0.3) is 0 Å². The molecule has 0 spiro atoms. The number of nitrogens with zero attached hydrogens (tertiary/aromatic N) is 1. The third-order valence-electron chi connectivity index (χ3n) is 1.61. The molecule has 14 heavy (non-hydrogen) atoms. The Morgan fingerprint density at radius 2 is 2.00 bits per heavy atom. The molecular formula is C9H11Cl3N2. The van der Waals surface area contributed by atoms with Crippen LogP contribution in [0.1, 0.15) is 0 Å². The summed E-state index contributed by atoms with van der Waals surface area (Å²) in [5.41, 5.74) is 0.917. The van der Waals surface area contributed by atoms with Crippen LogP contribution in [0.4, 0.5) is 5.69 Å². The van der Waals surface area contributed by atoms with Crippen molar-refractivity contribution in [3.8, 4) is 0 Å². The fraction of sp³-hybridized carbons (Fsp3) is 0.222. The van der Waals surface area contributed by atoms with E-state index in [-0.39, 0.29) is 12.4 Å². The van der Waals surface area contributed by atoms with E-state index in [2.05, 4.69) is 5.32 Å². The Labute approximate surface area is 99.9 Å². The average molecular weight is 254 g/mol. The third-order valence-corrected chi connectivity index (χ3v) is 2.15. The molecule has 0 amide bonds. The van der Waals surface area contributed by atoms with Gasteiger partial charge in [-0.25, -0.2) is 4.58 Å². The Bertz CT molecular complexity index is 337. The van der Waals surface area contributed by atoms with Crippen LogP contribution in [0.3, 0.4) is 0 Å². The molecule has 78 valence electrons. The smallest absolute Gasteiger partial charge is 0.236 e. The molecule has 1 aromatic rings. The Balaban J connectivity index is 0.00000169. The molecule has 0 atom stereocenters. The van der Waals surface area contributed by atoms with Crippen molar-refractivity contribution in [3.63, 3.8) is 0 Å². The lowest BCUT2D eigenvalue weighted by atomic mass is 10.3. The molecule has 0 aliphatic carbocycles. The van der Waals surface area contributed by atoms with Crippen LogP contribution in [0.5, 0.6) is 0 Å². The Morgan fingerprint density at radius 1 is 1.36 bits per heavy atom. The highest BCUT2D eigenvalue weighted by Crippen LogP contribution is 2.26. The van der Waals surface area contributed by atoms with Crippen LogP contribution >= 0.6 is 23.2 Å². The van der Waals surface area contributed by atoms with E-state index >= 15 is 0 Å². The minimum absolute atomic E-state index is 0. The van der Waals surface area contributed by atoms with E-state index in [1.54, 1.807) is 6.07 Å². The molecule has 1 aromatic carbocycles. The van der Waals surface area contributed by atoms with Gasteiger partial charge in [-0.05, 0) is 18.2 Å². The normalized spacial score (nSPS) is 10.7. The average Bonchev–Trinajstić information content (AvgIpc) is 2.04. The van der Waals surface area contributed by atoms with Gasteiger partial charge >= 0.3 is 0 Å². The highest BCUT2D eigenvalue weighted by molar-refractivity contribution is 6.35. The molecule has 0 fully saturated rings. The predicted octanol–water partition coefficient (Wildman–Crippen LogP) is -0.481. The lowest BCUT2D eigenvalue weighted by Gasteiger charge is -2.02. The number of hydrogen-bond donors (Lipinski definition) is 1. The molecule has 0 unspecified atom stereocenters. The van der Waals surface area contributed by atoms with Crippen LogP contribution in [-0.4, -0.2) is 25.0 Å². The van der Waals surface area contributed by atoms with Crippen LogP contribution in [0.2, 0.25) is 10.0 Å². The second kappa shape index (κ2) is 6.12. The molecule has 0 bridgehead atoms. The Morgan fingerprint density at radius 3 is 2.50 bits per heavy atom. The molecule has 0 aliphatic heterocycles. The molecule has 1 rings (SSSR count). The van der Waals surface area contributed by atoms with Crippen molar-refractivity contribution < 1.29 is 17.0 Å². The van der Waals surface area contributed by atoms with Gasteiger partial charge in [-0.15, -0.1) is 0 Å². The van der Waals surface area contributed by atoms with Crippen molar-refractivity contribution in [1.29, 1.82) is 0 Å². The van der Waals surface area contributed by atoms with Gasteiger partial charge in [-0.3, -0.25) is 5.32 Å². The quantitative estimate of drug-likeness (QED) is 0.427. The molecular weight excluding hydrogens is 242 g/mol. The van der Waals surface area contributed by atoms with Crippen LogP contribution < -0.4 is 17.7 Å². The van der Waals surface area contributed by atoms with Gasteiger partial charge < -0.3 is 12.4 Å². The van der Waals surface area contributed by atoms with Crippen LogP contribution in [0, 0.1) is 0 Å². The maximum atomic E-state index is 5.99. The highest BCUT2D eigenvalue weighted by Gasteiger charge is 2.05. The molecule has 2 nitrogen and oxygen atoms in total. The number of benzene rings is 1. The second-order valence-corrected chi connectivity index (χ2v) is 3.47. The summed E-state index contributed by atoms with van der Waals surface area (Å²) in [5, 5.41) is 4.20. The van der Waals surface area contributed by atoms with E-state index in [1.807, 2.05) is 37.1 Å². The minimum atomic E-state index is 0. The lowest BCUT2D eigenvalue weighted by molar-refractivity contribution is -0.401. The number of hydrogen-bond acceptors (Lipinski definition) is 0. The highest BCUT2D eigenvalue weighted by atomic mass is 35.5. The van der Waals surface area contributed by atoms with E-state index in [0.29, 0.717) is 10.0 Å². The second-order valence-electron chi connectivity index (χ2n) is 2.62. The summed E-state index contributed by atoms with van der Waals surface area (Å²) in [6, 6.07) is 5.40. The van der Waals surface area contributed by atoms with Crippen molar-refractivity contribution in [3.05, 3.63) is 28.2 Å². The van der Waals surface area contributed by atoms with Gasteiger partial charge in [0.15, 0.2) is 0 Å². The Hall–Kier alpha value is -0.440. The summed E-state index contributed by atoms with van der Waals surface area (Å²) in [4.78, 5) is 0. The van der Waals surface area contributed by atoms with E-state index in [1.165, 1.54) is 0 Å². The molecule has 0 saturated heterocycles. The molecule has 0 saturated carbocycles. The molecule has 0 radical (unpaired) electrons. The summed E-state index contributed by atoms with van der Waals surface area (Å²) in [6.45, 7) is 0. The fourth-order valence-electron chi connectivity index (χ4n) is 1.03. The first-order valence-electron chi connectivity index (χ1n) is 3.83. The van der Waals surface area contributed by atoms with Crippen molar-refractivity contribution in [2.24, 2.45) is 0 Å². The minimum Gasteiger partial charge on any atom is -1.00 e. The van der Waals surface area contributed by atoms with E-state index in [0.717, 1.165) is 5.69 Å². The molecule has 5 heteroatoms. The van der Waals surface area contributed by atoms with Crippen molar-refractivity contribution in [1.82, 2.24) is 5.32 Å². The monoisotopic (exact) mass is 252 g/mol. The maximum absolute atomic E-state index is 5.99. The van der Waals surface area contributed by atoms with E-state index in [4.69, 9.17) is 23.2 Å². The van der Waals surface area contributed by atoms with E-state index < -0.39 is 0 Å². The maximum Gasteiger partial charge on any atom is 0.236 e. The molecule has 0 heterocycles. The zero-order valence-corrected chi connectivity index (χ0v) is 10.2. The molecule has 1 N–H and O–H groups in total. The van der Waals surface area contributed by atoms with Crippen molar-refractivity contribution >= 4 is 35.2 Å².